The average Bonchev–Trinajstić information content (AvgIpc) is 2.74. The summed E-state index contributed by atoms with van der Waals surface area (Å²) in [7, 11) is 0. The Morgan fingerprint density at radius 1 is 1.30 bits per heavy atom. The number of piperidine rings is 1. The molecule has 0 saturated carbocycles. The molecule has 0 radical (unpaired) electrons. The number of rotatable bonds is 7. The van der Waals surface area contributed by atoms with E-state index in [2.05, 4.69) is 28.3 Å². The van der Waals surface area contributed by atoms with Crippen molar-refractivity contribution in [3.63, 3.8) is 0 Å². The molecule has 1 aliphatic rings. The molecule has 0 atom stereocenters. The summed E-state index contributed by atoms with van der Waals surface area (Å²) < 4.78 is 5.39. The zero-order valence-corrected chi connectivity index (χ0v) is 16.5. The molecule has 1 heterocycles. The second-order valence-corrected chi connectivity index (χ2v) is 7.17. The van der Waals surface area contributed by atoms with Gasteiger partial charge in [-0.1, -0.05) is 36.3 Å². The van der Waals surface area contributed by atoms with Crippen molar-refractivity contribution in [3.05, 3.63) is 63.7 Å². The molecule has 1 amide bonds. The van der Waals surface area contributed by atoms with E-state index < -0.39 is 10.8 Å². The van der Waals surface area contributed by atoms with Gasteiger partial charge in [-0.15, -0.1) is 6.42 Å². The highest BCUT2D eigenvalue weighted by Gasteiger charge is 2.25. The highest BCUT2D eigenvalue weighted by atomic mass is 16.6. The maximum atomic E-state index is 12.8. The number of nitrogens with two attached hydrogens (primary N) is 1. The number of hydrogen-bond acceptors (Lipinski definition) is 6. The van der Waals surface area contributed by atoms with Gasteiger partial charge in [-0.2, -0.15) is 0 Å². The lowest BCUT2D eigenvalue weighted by atomic mass is 10.0. The van der Waals surface area contributed by atoms with E-state index >= 15 is 0 Å². The second-order valence-electron chi connectivity index (χ2n) is 7.17. The van der Waals surface area contributed by atoms with Gasteiger partial charge in [0.15, 0.2) is 0 Å². The van der Waals surface area contributed by atoms with Crippen LogP contribution in [0.15, 0.2) is 42.5 Å². The quantitative estimate of drug-likeness (QED) is 0.315. The van der Waals surface area contributed by atoms with Gasteiger partial charge in [-0.05, 0) is 18.4 Å². The number of carbonyl (C=O) groups excluding carboxylic acids is 1. The molecule has 0 aliphatic carbocycles. The lowest BCUT2D eigenvalue weighted by molar-refractivity contribution is -0.383. The Balaban J connectivity index is 1.65. The number of likely N-dealkylation sites (tertiary alicyclic amines) is 1. The zero-order valence-electron chi connectivity index (χ0n) is 16.5. The molecule has 1 aliphatic heterocycles. The number of benzene rings is 2. The predicted molar refractivity (Wildman–Crippen MR) is 114 cm³/mol. The van der Waals surface area contributed by atoms with E-state index in [-0.39, 0.29) is 35.3 Å². The number of amides is 1. The largest absolute Gasteiger partial charge is 0.480 e. The van der Waals surface area contributed by atoms with Crippen LogP contribution in [-0.4, -0.2) is 41.5 Å². The number of ether oxygens (including phenoxy) is 1. The molecule has 1 saturated heterocycles. The number of anilines is 1. The molecule has 8 heteroatoms. The third-order valence-electron chi connectivity index (χ3n) is 5.05. The summed E-state index contributed by atoms with van der Waals surface area (Å²) in [6.45, 7) is 2.50. The molecule has 2 aromatic carbocycles. The maximum absolute atomic E-state index is 12.8. The van der Waals surface area contributed by atoms with Gasteiger partial charge in [-0.25, -0.2) is 0 Å². The zero-order chi connectivity index (χ0) is 21.5. The molecule has 2 aromatic rings. The monoisotopic (exact) mass is 408 g/mol. The number of terminal acetylenes is 1. The first kappa shape index (κ1) is 21.1. The van der Waals surface area contributed by atoms with Crippen LogP contribution in [0.25, 0.3) is 0 Å². The Kier molecular flexibility index (Phi) is 6.88. The van der Waals surface area contributed by atoms with Crippen LogP contribution in [0.1, 0.15) is 28.8 Å². The van der Waals surface area contributed by atoms with E-state index in [1.165, 1.54) is 11.6 Å². The van der Waals surface area contributed by atoms with Gasteiger partial charge in [0.1, 0.15) is 18.0 Å². The third kappa shape index (κ3) is 5.27. The third-order valence-corrected chi connectivity index (χ3v) is 5.05. The van der Waals surface area contributed by atoms with Crippen LogP contribution in [0.2, 0.25) is 0 Å². The van der Waals surface area contributed by atoms with Crippen molar-refractivity contribution in [1.82, 2.24) is 10.2 Å². The van der Waals surface area contributed by atoms with Crippen molar-refractivity contribution < 1.29 is 14.5 Å². The molecule has 30 heavy (non-hydrogen) atoms. The van der Waals surface area contributed by atoms with Crippen molar-refractivity contribution in [3.8, 4) is 18.1 Å². The van der Waals surface area contributed by atoms with E-state index in [9.17, 15) is 14.9 Å². The number of nitrogens with zero attached hydrogens (tertiary/aromatic N) is 2. The standard InChI is InChI=1S/C22H24N4O4/c1-2-12-30-21-14-19(23)20(26(28)29)13-18(21)22(27)24-17-8-10-25(11-9-17)15-16-6-4-3-5-7-16/h1,3-7,13-14,17H,8-12,15,23H2,(H,24,27). The maximum Gasteiger partial charge on any atom is 0.293 e. The average molecular weight is 408 g/mol. The van der Waals surface area contributed by atoms with Crippen LogP contribution in [0, 0.1) is 22.5 Å². The molecule has 0 bridgehead atoms. The SMILES string of the molecule is C#CCOc1cc(N)c([N+](=O)[O-])cc1C(=O)NC1CCN(Cc2ccccc2)CC1. The van der Waals surface area contributed by atoms with Crippen molar-refractivity contribution >= 4 is 17.3 Å². The number of nitrogen functional groups attached to an aromatic ring is 1. The van der Waals surface area contributed by atoms with Crippen molar-refractivity contribution in [2.45, 2.75) is 25.4 Å². The molecule has 0 aromatic heterocycles. The molecule has 1 fully saturated rings. The van der Waals surface area contributed by atoms with Gasteiger partial charge < -0.3 is 15.8 Å². The Morgan fingerprint density at radius 3 is 2.63 bits per heavy atom. The van der Waals surface area contributed by atoms with E-state index in [1.54, 1.807) is 0 Å². The van der Waals surface area contributed by atoms with Crippen LogP contribution in [0.4, 0.5) is 11.4 Å². The summed E-state index contributed by atoms with van der Waals surface area (Å²) in [6, 6.07) is 12.6. The second kappa shape index (κ2) is 9.76. The minimum Gasteiger partial charge on any atom is -0.480 e. The molecule has 3 N–H and O–H groups in total. The van der Waals surface area contributed by atoms with Crippen LogP contribution >= 0.6 is 0 Å². The molecule has 156 valence electrons. The molecule has 0 spiro atoms. The van der Waals surface area contributed by atoms with Crippen LogP contribution in [0.3, 0.4) is 0 Å². The summed E-state index contributed by atoms with van der Waals surface area (Å²) in [5.41, 5.74) is 6.60. The highest BCUT2D eigenvalue weighted by Crippen LogP contribution is 2.31. The number of carbonyl (C=O) groups is 1. The van der Waals surface area contributed by atoms with Gasteiger partial charge in [0.2, 0.25) is 0 Å². The minimum atomic E-state index is -0.626. The van der Waals surface area contributed by atoms with Gasteiger partial charge in [0.05, 0.1) is 10.5 Å². The van der Waals surface area contributed by atoms with Gasteiger partial charge in [-0.3, -0.25) is 19.8 Å². The van der Waals surface area contributed by atoms with E-state index in [1.807, 2.05) is 18.2 Å². The van der Waals surface area contributed by atoms with E-state index in [0.29, 0.717) is 0 Å². The van der Waals surface area contributed by atoms with Gasteiger partial charge in [0.25, 0.3) is 11.6 Å². The summed E-state index contributed by atoms with van der Waals surface area (Å²) in [4.78, 5) is 25.8. The van der Waals surface area contributed by atoms with Gasteiger partial charge >= 0.3 is 0 Å². The molecule has 0 unspecified atom stereocenters. The van der Waals surface area contributed by atoms with E-state index in [0.717, 1.165) is 38.5 Å². The molecule has 8 nitrogen and oxygen atoms in total. The van der Waals surface area contributed by atoms with Crippen LogP contribution in [-0.2, 0) is 6.54 Å². The fourth-order valence-corrected chi connectivity index (χ4v) is 3.50. The summed E-state index contributed by atoms with van der Waals surface area (Å²) in [5, 5.41) is 14.2. The van der Waals surface area contributed by atoms with Crippen LogP contribution < -0.4 is 15.8 Å². The number of hydrogen-bond donors (Lipinski definition) is 2. The summed E-state index contributed by atoms with van der Waals surface area (Å²) in [6.07, 6.45) is 6.79. The number of nitro benzene ring substituents is 1. The normalized spacial score (nSPS) is 14.6. The lowest BCUT2D eigenvalue weighted by Crippen LogP contribution is -2.44. The molecular weight excluding hydrogens is 384 g/mol. The van der Waals surface area contributed by atoms with Crippen molar-refractivity contribution in [1.29, 1.82) is 0 Å². The lowest BCUT2D eigenvalue weighted by Gasteiger charge is -2.32. The first-order valence-corrected chi connectivity index (χ1v) is 9.69. The Hall–Kier alpha value is -3.57. The summed E-state index contributed by atoms with van der Waals surface area (Å²) >= 11 is 0. The predicted octanol–water partition coefficient (Wildman–Crippen LogP) is 2.58. The minimum absolute atomic E-state index is 0.0263. The molecule has 3 rings (SSSR count). The highest BCUT2D eigenvalue weighted by molar-refractivity contribution is 5.98. The van der Waals surface area contributed by atoms with Crippen LogP contribution in [0.5, 0.6) is 5.75 Å². The Bertz CT molecular complexity index is 948. The first-order chi connectivity index (χ1) is 14.5. The number of nitro groups is 1. The molecular formula is C22H24N4O4. The Morgan fingerprint density at radius 2 is 2.00 bits per heavy atom. The van der Waals surface area contributed by atoms with Crippen molar-refractivity contribution in [2.24, 2.45) is 0 Å². The summed E-state index contributed by atoms with van der Waals surface area (Å²) in [5.74, 6) is 2.01. The van der Waals surface area contributed by atoms with Crippen molar-refractivity contribution in [2.75, 3.05) is 25.4 Å². The smallest absolute Gasteiger partial charge is 0.293 e. The van der Waals surface area contributed by atoms with E-state index in [4.69, 9.17) is 16.9 Å². The first-order valence-electron chi connectivity index (χ1n) is 9.69. The Labute approximate surface area is 175 Å². The van der Waals surface area contributed by atoms with Gasteiger partial charge in [0, 0.05) is 37.8 Å². The number of nitrogens with one attached hydrogen (secondary N) is 1. The topological polar surface area (TPSA) is 111 Å². The fourth-order valence-electron chi connectivity index (χ4n) is 3.50. The fraction of sp³-hybridized carbons (Fsp3) is 0.318.